The minimum absolute atomic E-state index is 0.101. The van der Waals surface area contributed by atoms with E-state index in [-0.39, 0.29) is 23.9 Å². The summed E-state index contributed by atoms with van der Waals surface area (Å²) in [6, 6.07) is 18.0. The first-order valence-corrected chi connectivity index (χ1v) is 14.8. The monoisotopic (exact) mass is 600 g/mol. The average molecular weight is 601 g/mol. The van der Waals surface area contributed by atoms with Gasteiger partial charge >= 0.3 is 6.18 Å². The second-order valence-corrected chi connectivity index (χ2v) is 13.5. The largest absolute Gasteiger partial charge is 0.416 e. The zero-order chi connectivity index (χ0) is 30.0. The van der Waals surface area contributed by atoms with E-state index in [0.29, 0.717) is 36.3 Å². The van der Waals surface area contributed by atoms with Crippen molar-refractivity contribution < 1.29 is 30.8 Å². The molecule has 3 aromatic rings. The molecule has 3 aromatic carbocycles. The number of rotatable bonds is 8. The van der Waals surface area contributed by atoms with Crippen molar-refractivity contribution in [2.75, 3.05) is 11.9 Å². The third-order valence-electron chi connectivity index (χ3n) is 8.52. The number of sulfonamides is 1. The van der Waals surface area contributed by atoms with Gasteiger partial charge in [0, 0.05) is 23.2 Å². The summed E-state index contributed by atoms with van der Waals surface area (Å²) in [4.78, 5) is 17.6. The van der Waals surface area contributed by atoms with Crippen LogP contribution < -0.4 is 10.6 Å². The number of alkyl halides is 3. The molecule has 12 heteroatoms. The summed E-state index contributed by atoms with van der Waals surface area (Å²) in [6.45, 7) is 1.84. The Hall–Kier alpha value is -3.77. The number of carbonyl (C=O) groups excluding carboxylic acids is 1. The molecule has 2 bridgehead atoms. The number of nitrogens with one attached hydrogen (secondary N) is 2. The summed E-state index contributed by atoms with van der Waals surface area (Å²) in [5.41, 5.74) is -1.96. The first kappa shape index (κ1) is 28.4. The van der Waals surface area contributed by atoms with E-state index in [1.54, 1.807) is 19.1 Å². The number of hydrogen-bond acceptors (Lipinski definition) is 5. The summed E-state index contributed by atoms with van der Waals surface area (Å²) in [6.07, 6.45) is -3.21. The Bertz CT molecular complexity index is 1640. The van der Waals surface area contributed by atoms with Gasteiger partial charge in [-0.25, -0.2) is 12.8 Å². The van der Waals surface area contributed by atoms with Crippen molar-refractivity contribution in [2.24, 2.45) is 10.4 Å². The fourth-order valence-corrected chi connectivity index (χ4v) is 8.01. The molecule has 3 aliphatic carbocycles. The van der Waals surface area contributed by atoms with E-state index in [1.165, 1.54) is 28.6 Å². The molecule has 4 aliphatic rings. The van der Waals surface area contributed by atoms with Crippen molar-refractivity contribution in [3.05, 3.63) is 95.8 Å². The van der Waals surface area contributed by atoms with E-state index in [1.807, 2.05) is 18.2 Å². The fourth-order valence-electron chi connectivity index (χ4n) is 6.25. The van der Waals surface area contributed by atoms with E-state index < -0.39 is 44.1 Å². The molecular weight excluding hydrogens is 572 g/mol. The molecule has 3 fully saturated rings. The highest BCUT2D eigenvalue weighted by Gasteiger charge is 2.75. The van der Waals surface area contributed by atoms with Crippen LogP contribution in [0.3, 0.4) is 0 Å². The van der Waals surface area contributed by atoms with Crippen LogP contribution in [0, 0.1) is 11.2 Å². The third kappa shape index (κ3) is 4.76. The Labute approximate surface area is 240 Å². The molecule has 1 amide bonds. The number of anilines is 1. The number of amidine groups is 1. The molecule has 7 rings (SSSR count). The van der Waals surface area contributed by atoms with Crippen molar-refractivity contribution in [3.8, 4) is 0 Å². The van der Waals surface area contributed by atoms with E-state index >= 15 is 0 Å². The quantitative estimate of drug-likeness (QED) is 0.341. The molecule has 0 radical (unpaired) electrons. The van der Waals surface area contributed by atoms with Crippen molar-refractivity contribution in [3.63, 3.8) is 0 Å². The lowest BCUT2D eigenvalue weighted by Gasteiger charge is -2.73. The second kappa shape index (κ2) is 9.63. The van der Waals surface area contributed by atoms with Gasteiger partial charge in [-0.15, -0.1) is 0 Å². The van der Waals surface area contributed by atoms with Crippen LogP contribution in [0.4, 0.5) is 23.2 Å². The number of halogens is 4. The molecule has 3 saturated carbocycles. The number of carbonyl (C=O) groups is 1. The minimum Gasteiger partial charge on any atom is -0.358 e. The highest BCUT2D eigenvalue weighted by molar-refractivity contribution is 7.89. The van der Waals surface area contributed by atoms with Crippen LogP contribution in [0.5, 0.6) is 0 Å². The molecule has 7 nitrogen and oxygen atoms in total. The standard InChI is InChI=1S/C30H28F4N4O3S/c1-27(26(39)36-23-5-3-2-4-6-23)19-35-25(37-27)28-16-29(17-28,18-28)38(42(40,41)24-13-11-22(31)12-14-24)15-20-7-9-21(10-8-20)30(32,33)34/h2-14H,15-19H2,1H3,(H,35,37)(H,36,39)/t27-,28?,29?/m0/s1. The summed E-state index contributed by atoms with van der Waals surface area (Å²) in [5, 5.41) is 6.19. The molecular formula is C30H28F4N4O3S. The molecule has 220 valence electrons. The van der Waals surface area contributed by atoms with Gasteiger partial charge in [-0.2, -0.15) is 17.5 Å². The fraction of sp³-hybridized carbons (Fsp3) is 0.333. The zero-order valence-corrected chi connectivity index (χ0v) is 23.4. The minimum atomic E-state index is -4.51. The highest BCUT2D eigenvalue weighted by atomic mass is 32.2. The molecule has 2 N–H and O–H groups in total. The van der Waals surface area contributed by atoms with Crippen molar-refractivity contribution in [2.45, 2.75) is 54.9 Å². The maximum absolute atomic E-state index is 13.9. The normalized spacial score (nSPS) is 26.6. The highest BCUT2D eigenvalue weighted by Crippen LogP contribution is 2.71. The first-order chi connectivity index (χ1) is 19.7. The second-order valence-electron chi connectivity index (χ2n) is 11.6. The van der Waals surface area contributed by atoms with Gasteiger partial charge in [-0.3, -0.25) is 9.79 Å². The van der Waals surface area contributed by atoms with Crippen LogP contribution in [0.2, 0.25) is 0 Å². The van der Waals surface area contributed by atoms with Gasteiger partial charge in [0.1, 0.15) is 17.2 Å². The van der Waals surface area contributed by atoms with Crippen molar-refractivity contribution in [1.82, 2.24) is 9.62 Å². The topological polar surface area (TPSA) is 90.9 Å². The van der Waals surface area contributed by atoms with Gasteiger partial charge in [0.25, 0.3) is 5.91 Å². The lowest BCUT2D eigenvalue weighted by Crippen LogP contribution is -2.79. The Morgan fingerprint density at radius 1 is 0.976 bits per heavy atom. The molecule has 0 saturated heterocycles. The summed E-state index contributed by atoms with van der Waals surface area (Å²) < 4.78 is 82.0. The molecule has 42 heavy (non-hydrogen) atoms. The smallest absolute Gasteiger partial charge is 0.358 e. The molecule has 1 aliphatic heterocycles. The molecule has 0 unspecified atom stereocenters. The Balaban J connectivity index is 1.21. The van der Waals surface area contributed by atoms with Gasteiger partial charge in [-0.1, -0.05) is 30.3 Å². The number of aliphatic imine (C=N–C) groups is 1. The van der Waals surface area contributed by atoms with Gasteiger partial charge in [0.05, 0.1) is 17.0 Å². The summed E-state index contributed by atoms with van der Waals surface area (Å²) >= 11 is 0. The lowest BCUT2D eigenvalue weighted by molar-refractivity contribution is -0.151. The first-order valence-electron chi connectivity index (χ1n) is 13.4. The Morgan fingerprint density at radius 2 is 1.60 bits per heavy atom. The zero-order valence-electron chi connectivity index (χ0n) is 22.6. The van der Waals surface area contributed by atoms with E-state index in [2.05, 4.69) is 15.6 Å². The van der Waals surface area contributed by atoms with Crippen molar-refractivity contribution >= 4 is 27.5 Å². The maximum Gasteiger partial charge on any atom is 0.416 e. The Morgan fingerprint density at radius 3 is 2.19 bits per heavy atom. The molecule has 1 atom stereocenters. The molecule has 0 aromatic heterocycles. The predicted octanol–water partition coefficient (Wildman–Crippen LogP) is 5.36. The predicted molar refractivity (Wildman–Crippen MR) is 149 cm³/mol. The molecule has 0 spiro atoms. The third-order valence-corrected chi connectivity index (χ3v) is 10.5. The van der Waals surface area contributed by atoms with Crippen LogP contribution in [0.15, 0.2) is 88.8 Å². The summed E-state index contributed by atoms with van der Waals surface area (Å²) in [7, 11) is -4.14. The van der Waals surface area contributed by atoms with Crippen LogP contribution >= 0.6 is 0 Å². The van der Waals surface area contributed by atoms with Crippen LogP contribution in [-0.4, -0.2) is 42.1 Å². The number of benzene rings is 3. The van der Waals surface area contributed by atoms with Gasteiger partial charge in [-0.05, 0) is 80.3 Å². The SMILES string of the molecule is C[C@@]1(C(=O)Nc2ccccc2)CN=C(C23CC(N(Cc4ccc(C(F)(F)F)cc4)S(=O)(=O)c4ccc(F)cc4)(C2)C3)N1. The van der Waals surface area contributed by atoms with Gasteiger partial charge in [0.2, 0.25) is 10.0 Å². The summed E-state index contributed by atoms with van der Waals surface area (Å²) in [5.74, 6) is -0.169. The Kier molecular flexibility index (Phi) is 6.50. The number of hydrogen-bond donors (Lipinski definition) is 2. The van der Waals surface area contributed by atoms with Crippen LogP contribution in [-0.2, 0) is 27.5 Å². The number of para-hydroxylation sites is 1. The van der Waals surface area contributed by atoms with E-state index in [0.717, 1.165) is 24.3 Å². The van der Waals surface area contributed by atoms with E-state index in [9.17, 15) is 30.8 Å². The van der Waals surface area contributed by atoms with Gasteiger partial charge in [0.15, 0.2) is 0 Å². The molecule has 1 heterocycles. The lowest BCUT2D eigenvalue weighted by atomic mass is 9.38. The van der Waals surface area contributed by atoms with E-state index in [4.69, 9.17) is 0 Å². The van der Waals surface area contributed by atoms with Gasteiger partial charge < -0.3 is 10.6 Å². The van der Waals surface area contributed by atoms with Crippen molar-refractivity contribution in [1.29, 1.82) is 0 Å². The van der Waals surface area contributed by atoms with Crippen LogP contribution in [0.1, 0.15) is 37.3 Å². The van der Waals surface area contributed by atoms with Crippen LogP contribution in [0.25, 0.3) is 0 Å². The number of nitrogens with zero attached hydrogens (tertiary/aromatic N) is 2. The maximum atomic E-state index is 13.9. The average Bonchev–Trinajstić information content (AvgIpc) is 3.30. The number of amides is 1.